The maximum atomic E-state index is 11.8. The smallest absolute Gasteiger partial charge is 0.172 e. The number of aliphatic hydroxyl groups excluding tert-OH is 1. The van der Waals surface area contributed by atoms with Gasteiger partial charge in [-0.25, -0.2) is 0 Å². The zero-order valence-electron chi connectivity index (χ0n) is 10.4. The van der Waals surface area contributed by atoms with E-state index in [9.17, 15) is 4.79 Å². The zero-order chi connectivity index (χ0) is 13.2. The first-order valence-electron chi connectivity index (χ1n) is 6.21. The molecule has 0 radical (unpaired) electrons. The molecule has 0 aromatic heterocycles. The van der Waals surface area contributed by atoms with Crippen LogP contribution in [0.3, 0.4) is 0 Å². The molecule has 0 saturated carbocycles. The molecule has 0 spiro atoms. The van der Waals surface area contributed by atoms with Crippen molar-refractivity contribution in [1.29, 1.82) is 0 Å². The summed E-state index contributed by atoms with van der Waals surface area (Å²) in [5.41, 5.74) is 0.783. The van der Waals surface area contributed by atoms with E-state index in [1.807, 2.05) is 24.3 Å². The van der Waals surface area contributed by atoms with Gasteiger partial charge in [0.2, 0.25) is 0 Å². The van der Waals surface area contributed by atoms with Gasteiger partial charge in [-0.2, -0.15) is 11.8 Å². The minimum atomic E-state index is 0.197. The molecule has 0 unspecified atom stereocenters. The summed E-state index contributed by atoms with van der Waals surface area (Å²) in [6.07, 6.45) is 4.23. The van der Waals surface area contributed by atoms with Gasteiger partial charge in [0.25, 0.3) is 0 Å². The van der Waals surface area contributed by atoms with Crippen LogP contribution in [0.2, 0.25) is 0 Å². The van der Waals surface area contributed by atoms with Crippen LogP contribution < -0.4 is 0 Å². The first kappa shape index (κ1) is 15.7. The molecule has 4 heteroatoms. The summed E-state index contributed by atoms with van der Waals surface area (Å²) in [6, 6.07) is 7.50. The lowest BCUT2D eigenvalue weighted by Gasteiger charge is -2.02. The average molecular weight is 331 g/mol. The molecule has 0 aliphatic carbocycles. The van der Waals surface area contributed by atoms with Gasteiger partial charge in [-0.05, 0) is 30.7 Å². The lowest BCUT2D eigenvalue weighted by Crippen LogP contribution is -2.02. The fourth-order valence-electron chi connectivity index (χ4n) is 1.55. The van der Waals surface area contributed by atoms with Crippen LogP contribution in [0.25, 0.3) is 0 Å². The second-order valence-corrected chi connectivity index (χ2v) is 6.14. The molecule has 0 amide bonds. The lowest BCUT2D eigenvalue weighted by molar-refractivity contribution is 0.102. The van der Waals surface area contributed by atoms with Gasteiger partial charge < -0.3 is 5.11 Å². The molecule has 0 fully saturated rings. The molecule has 1 aromatic carbocycles. The Morgan fingerprint density at radius 2 is 1.78 bits per heavy atom. The largest absolute Gasteiger partial charge is 0.396 e. The standard InChI is InChI=1S/C14H19BrO2S/c15-13-7-5-12(6-8-13)14(17)11-18-10-4-2-1-3-9-16/h5-8,16H,1-4,9-11H2. The number of hydrogen-bond donors (Lipinski definition) is 1. The Labute approximate surface area is 121 Å². The van der Waals surface area contributed by atoms with Gasteiger partial charge in [-0.1, -0.05) is 40.9 Å². The Balaban J connectivity index is 2.12. The fourth-order valence-corrected chi connectivity index (χ4v) is 2.72. The highest BCUT2D eigenvalue weighted by atomic mass is 79.9. The van der Waals surface area contributed by atoms with E-state index in [1.54, 1.807) is 11.8 Å². The van der Waals surface area contributed by atoms with E-state index < -0.39 is 0 Å². The fraction of sp³-hybridized carbons (Fsp3) is 0.500. The Morgan fingerprint density at radius 1 is 1.11 bits per heavy atom. The molecule has 1 rings (SSSR count). The quantitative estimate of drug-likeness (QED) is 0.550. The molecular formula is C14H19BrO2S. The number of rotatable bonds is 9. The van der Waals surface area contributed by atoms with Crippen LogP contribution in [-0.2, 0) is 0 Å². The molecule has 1 N–H and O–H groups in total. The van der Waals surface area contributed by atoms with E-state index in [2.05, 4.69) is 15.9 Å². The number of carbonyl (C=O) groups is 1. The summed E-state index contributed by atoms with van der Waals surface area (Å²) in [6.45, 7) is 0.287. The summed E-state index contributed by atoms with van der Waals surface area (Å²) in [4.78, 5) is 11.8. The molecule has 0 atom stereocenters. The third-order valence-corrected chi connectivity index (χ3v) is 4.17. The predicted octanol–water partition coefficient (Wildman–Crippen LogP) is 3.92. The van der Waals surface area contributed by atoms with Crippen molar-refractivity contribution in [3.05, 3.63) is 34.3 Å². The minimum Gasteiger partial charge on any atom is -0.396 e. The van der Waals surface area contributed by atoms with Crippen molar-refractivity contribution in [3.8, 4) is 0 Å². The highest BCUT2D eigenvalue weighted by Gasteiger charge is 2.05. The van der Waals surface area contributed by atoms with E-state index in [-0.39, 0.29) is 12.4 Å². The predicted molar refractivity (Wildman–Crippen MR) is 81.4 cm³/mol. The van der Waals surface area contributed by atoms with Crippen LogP contribution in [-0.4, -0.2) is 29.0 Å². The van der Waals surface area contributed by atoms with Gasteiger partial charge in [0.15, 0.2) is 5.78 Å². The Bertz CT molecular complexity index is 351. The second kappa shape index (κ2) is 9.59. The van der Waals surface area contributed by atoms with E-state index in [1.165, 1.54) is 0 Å². The van der Waals surface area contributed by atoms with Gasteiger partial charge in [-0.3, -0.25) is 4.79 Å². The number of unbranched alkanes of at least 4 members (excludes halogenated alkanes) is 3. The molecule has 0 aliphatic rings. The number of Topliss-reactive ketones (excluding diaryl/α,β-unsaturated/α-hetero) is 1. The monoisotopic (exact) mass is 330 g/mol. The van der Waals surface area contributed by atoms with Gasteiger partial charge in [0.05, 0.1) is 5.75 Å². The number of carbonyl (C=O) groups excluding carboxylic acids is 1. The third kappa shape index (κ3) is 6.57. The summed E-state index contributed by atoms with van der Waals surface area (Å²) in [5, 5.41) is 8.63. The van der Waals surface area contributed by atoms with E-state index in [4.69, 9.17) is 5.11 Å². The van der Waals surface area contributed by atoms with E-state index in [0.29, 0.717) is 5.75 Å². The van der Waals surface area contributed by atoms with Crippen LogP contribution in [0, 0.1) is 0 Å². The minimum absolute atomic E-state index is 0.197. The number of hydrogen-bond acceptors (Lipinski definition) is 3. The molecule has 18 heavy (non-hydrogen) atoms. The Morgan fingerprint density at radius 3 is 2.44 bits per heavy atom. The highest BCUT2D eigenvalue weighted by molar-refractivity contribution is 9.10. The van der Waals surface area contributed by atoms with Crippen LogP contribution in [0.1, 0.15) is 36.0 Å². The number of halogens is 1. The Kier molecular flexibility index (Phi) is 8.38. The molecule has 0 aliphatic heterocycles. The molecule has 0 bridgehead atoms. The molecule has 100 valence electrons. The van der Waals surface area contributed by atoms with Gasteiger partial charge in [-0.15, -0.1) is 0 Å². The molecule has 1 aromatic rings. The summed E-state index contributed by atoms with van der Waals surface area (Å²) < 4.78 is 0.996. The zero-order valence-corrected chi connectivity index (χ0v) is 12.8. The van der Waals surface area contributed by atoms with E-state index >= 15 is 0 Å². The van der Waals surface area contributed by atoms with Crippen molar-refractivity contribution in [2.45, 2.75) is 25.7 Å². The van der Waals surface area contributed by atoms with Crippen LogP contribution in [0.4, 0.5) is 0 Å². The SMILES string of the molecule is O=C(CSCCCCCCO)c1ccc(Br)cc1. The molecule has 2 nitrogen and oxygen atoms in total. The first-order valence-corrected chi connectivity index (χ1v) is 8.16. The van der Waals surface area contributed by atoms with Crippen LogP contribution in [0.5, 0.6) is 0 Å². The number of aliphatic hydroxyl groups is 1. The molecule has 0 saturated heterocycles. The van der Waals surface area contributed by atoms with Crippen molar-refractivity contribution < 1.29 is 9.90 Å². The van der Waals surface area contributed by atoms with Crippen molar-refractivity contribution in [1.82, 2.24) is 0 Å². The first-order chi connectivity index (χ1) is 8.74. The highest BCUT2D eigenvalue weighted by Crippen LogP contribution is 2.14. The molecular weight excluding hydrogens is 312 g/mol. The maximum Gasteiger partial charge on any atom is 0.172 e. The van der Waals surface area contributed by atoms with Gasteiger partial charge >= 0.3 is 0 Å². The molecule has 0 heterocycles. The van der Waals surface area contributed by atoms with Gasteiger partial charge in [0, 0.05) is 16.6 Å². The van der Waals surface area contributed by atoms with Crippen molar-refractivity contribution in [2.75, 3.05) is 18.1 Å². The number of ketones is 1. The van der Waals surface area contributed by atoms with Crippen molar-refractivity contribution in [2.24, 2.45) is 0 Å². The third-order valence-electron chi connectivity index (χ3n) is 2.60. The van der Waals surface area contributed by atoms with Crippen LogP contribution >= 0.6 is 27.7 Å². The van der Waals surface area contributed by atoms with Crippen molar-refractivity contribution in [3.63, 3.8) is 0 Å². The number of benzene rings is 1. The number of thioether (sulfide) groups is 1. The van der Waals surface area contributed by atoms with Crippen LogP contribution in [0.15, 0.2) is 28.7 Å². The topological polar surface area (TPSA) is 37.3 Å². The normalized spacial score (nSPS) is 10.6. The average Bonchev–Trinajstić information content (AvgIpc) is 2.38. The van der Waals surface area contributed by atoms with Gasteiger partial charge in [0.1, 0.15) is 0 Å². The summed E-state index contributed by atoms with van der Waals surface area (Å²) in [5.74, 6) is 1.78. The second-order valence-electron chi connectivity index (χ2n) is 4.12. The Hall–Kier alpha value is -0.320. The van der Waals surface area contributed by atoms with Crippen molar-refractivity contribution >= 4 is 33.5 Å². The summed E-state index contributed by atoms with van der Waals surface area (Å²) in [7, 11) is 0. The maximum absolute atomic E-state index is 11.8. The lowest BCUT2D eigenvalue weighted by atomic mass is 10.2. The summed E-state index contributed by atoms with van der Waals surface area (Å²) >= 11 is 5.05. The van der Waals surface area contributed by atoms with E-state index in [0.717, 1.165) is 41.5 Å².